The zero-order chi connectivity index (χ0) is 13.7. The van der Waals surface area contributed by atoms with Crippen LogP contribution in [0.4, 0.5) is 5.69 Å². The molecule has 2 heterocycles. The number of aromatic nitrogens is 1. The summed E-state index contributed by atoms with van der Waals surface area (Å²) < 4.78 is 0. The maximum absolute atomic E-state index is 12.0. The lowest BCUT2D eigenvalue weighted by molar-refractivity contribution is -0.136. The second-order valence-corrected chi connectivity index (χ2v) is 4.64. The Balaban J connectivity index is 1.91. The second-order valence-electron chi connectivity index (χ2n) is 4.64. The first-order chi connectivity index (χ1) is 9.15. The van der Waals surface area contributed by atoms with Crippen LogP contribution in [0.5, 0.6) is 0 Å². The van der Waals surface area contributed by atoms with E-state index in [1.165, 1.54) is 6.20 Å². The van der Waals surface area contributed by atoms with Crippen LogP contribution < -0.4 is 10.6 Å². The minimum Gasteiger partial charge on any atom is -0.481 e. The number of carbonyl (C=O) groups excluding carboxylic acids is 1. The van der Waals surface area contributed by atoms with Gasteiger partial charge in [-0.3, -0.25) is 14.6 Å². The van der Waals surface area contributed by atoms with Gasteiger partial charge in [0, 0.05) is 6.54 Å². The summed E-state index contributed by atoms with van der Waals surface area (Å²) in [5.74, 6) is -0.940. The Morgan fingerprint density at radius 1 is 1.47 bits per heavy atom. The van der Waals surface area contributed by atoms with Crippen LogP contribution in [0.2, 0.25) is 0 Å². The fourth-order valence-electron chi connectivity index (χ4n) is 2.08. The van der Waals surface area contributed by atoms with Crippen molar-refractivity contribution in [3.05, 3.63) is 24.0 Å². The number of nitrogens with zero attached hydrogens (tertiary/aromatic N) is 1. The standard InChI is InChI=1S/C13H17N3O3/c17-12(18)6-10-3-4-11(8-15-10)16-13(19)9-2-1-5-14-7-9/h3-4,8-9,14H,1-2,5-7H2,(H,16,19)(H,17,18). The molecule has 1 saturated heterocycles. The van der Waals surface area contributed by atoms with E-state index >= 15 is 0 Å². The van der Waals surface area contributed by atoms with E-state index in [0.717, 1.165) is 19.4 Å². The van der Waals surface area contributed by atoms with Crippen molar-refractivity contribution < 1.29 is 14.7 Å². The molecule has 0 radical (unpaired) electrons. The molecule has 2 rings (SSSR count). The number of carbonyl (C=O) groups is 2. The molecule has 102 valence electrons. The molecule has 0 saturated carbocycles. The Morgan fingerprint density at radius 2 is 2.32 bits per heavy atom. The Bertz CT molecular complexity index is 453. The monoisotopic (exact) mass is 263 g/mol. The summed E-state index contributed by atoms with van der Waals surface area (Å²) in [6.07, 6.45) is 3.28. The zero-order valence-electron chi connectivity index (χ0n) is 10.6. The van der Waals surface area contributed by atoms with E-state index in [9.17, 15) is 9.59 Å². The van der Waals surface area contributed by atoms with Gasteiger partial charge in [-0.1, -0.05) is 0 Å². The highest BCUT2D eigenvalue weighted by Crippen LogP contribution is 2.14. The van der Waals surface area contributed by atoms with Gasteiger partial charge in [-0.25, -0.2) is 0 Å². The lowest BCUT2D eigenvalue weighted by atomic mass is 9.99. The summed E-state index contributed by atoms with van der Waals surface area (Å²) in [4.78, 5) is 26.5. The molecule has 19 heavy (non-hydrogen) atoms. The van der Waals surface area contributed by atoms with Gasteiger partial charge in [0.15, 0.2) is 0 Å². The number of pyridine rings is 1. The number of carboxylic acids is 1. The van der Waals surface area contributed by atoms with Crippen molar-refractivity contribution in [1.82, 2.24) is 10.3 Å². The number of carboxylic acid groups (broad SMARTS) is 1. The Labute approximate surface area is 111 Å². The fraction of sp³-hybridized carbons (Fsp3) is 0.462. The predicted molar refractivity (Wildman–Crippen MR) is 69.8 cm³/mol. The van der Waals surface area contributed by atoms with E-state index in [0.29, 0.717) is 17.9 Å². The summed E-state index contributed by atoms with van der Waals surface area (Å²) in [5.41, 5.74) is 1.08. The molecule has 1 amide bonds. The largest absolute Gasteiger partial charge is 0.481 e. The number of amides is 1. The number of rotatable bonds is 4. The van der Waals surface area contributed by atoms with Crippen LogP contribution >= 0.6 is 0 Å². The molecule has 1 unspecified atom stereocenters. The van der Waals surface area contributed by atoms with Gasteiger partial charge in [-0.15, -0.1) is 0 Å². The molecule has 3 N–H and O–H groups in total. The first-order valence-corrected chi connectivity index (χ1v) is 6.33. The van der Waals surface area contributed by atoms with Gasteiger partial charge in [-0.2, -0.15) is 0 Å². The molecule has 1 atom stereocenters. The van der Waals surface area contributed by atoms with Crippen molar-refractivity contribution in [3.63, 3.8) is 0 Å². The first-order valence-electron chi connectivity index (χ1n) is 6.33. The van der Waals surface area contributed by atoms with Crippen molar-refractivity contribution in [2.75, 3.05) is 18.4 Å². The van der Waals surface area contributed by atoms with Gasteiger partial charge in [0.2, 0.25) is 5.91 Å². The minimum atomic E-state index is -0.919. The number of nitrogens with one attached hydrogen (secondary N) is 2. The second kappa shape index (κ2) is 6.29. The van der Waals surface area contributed by atoms with Gasteiger partial charge >= 0.3 is 5.97 Å². The highest BCUT2D eigenvalue weighted by Gasteiger charge is 2.20. The highest BCUT2D eigenvalue weighted by atomic mass is 16.4. The van der Waals surface area contributed by atoms with Gasteiger partial charge in [0.1, 0.15) is 0 Å². The third kappa shape index (κ3) is 4.03. The van der Waals surface area contributed by atoms with Crippen molar-refractivity contribution in [1.29, 1.82) is 0 Å². The topological polar surface area (TPSA) is 91.3 Å². The molecule has 1 aromatic heterocycles. The van der Waals surface area contributed by atoms with Crippen LogP contribution in [-0.2, 0) is 16.0 Å². The van der Waals surface area contributed by atoms with E-state index in [2.05, 4.69) is 15.6 Å². The highest BCUT2D eigenvalue weighted by molar-refractivity contribution is 5.92. The third-order valence-corrected chi connectivity index (χ3v) is 3.09. The summed E-state index contributed by atoms with van der Waals surface area (Å²) in [7, 11) is 0. The molecule has 1 fully saturated rings. The molecule has 0 aromatic carbocycles. The lowest BCUT2D eigenvalue weighted by Crippen LogP contribution is -2.37. The van der Waals surface area contributed by atoms with Gasteiger partial charge < -0.3 is 15.7 Å². The Morgan fingerprint density at radius 3 is 2.89 bits per heavy atom. The molecular weight excluding hydrogens is 246 g/mol. The van der Waals surface area contributed by atoms with Gasteiger partial charge in [0.25, 0.3) is 0 Å². The van der Waals surface area contributed by atoms with Gasteiger partial charge in [0.05, 0.1) is 29.9 Å². The quantitative estimate of drug-likeness (QED) is 0.741. The van der Waals surface area contributed by atoms with E-state index in [1.54, 1.807) is 12.1 Å². The van der Waals surface area contributed by atoms with E-state index in [-0.39, 0.29) is 18.2 Å². The number of aliphatic carboxylic acids is 1. The van der Waals surface area contributed by atoms with Crippen LogP contribution in [0.15, 0.2) is 18.3 Å². The molecule has 1 aromatic rings. The Kier molecular flexibility index (Phi) is 4.46. The lowest BCUT2D eigenvalue weighted by Gasteiger charge is -2.21. The predicted octanol–water partition coefficient (Wildman–Crippen LogP) is 0.647. The maximum atomic E-state index is 12.0. The fourth-order valence-corrected chi connectivity index (χ4v) is 2.08. The molecule has 6 heteroatoms. The average Bonchev–Trinajstić information content (AvgIpc) is 2.41. The third-order valence-electron chi connectivity index (χ3n) is 3.09. The van der Waals surface area contributed by atoms with Crippen molar-refractivity contribution in [2.24, 2.45) is 5.92 Å². The number of piperidine rings is 1. The molecule has 1 aliphatic rings. The van der Waals surface area contributed by atoms with Gasteiger partial charge in [-0.05, 0) is 31.5 Å². The first kappa shape index (κ1) is 13.5. The number of anilines is 1. The van der Waals surface area contributed by atoms with Crippen molar-refractivity contribution in [3.8, 4) is 0 Å². The number of hydrogen-bond donors (Lipinski definition) is 3. The zero-order valence-corrected chi connectivity index (χ0v) is 10.6. The maximum Gasteiger partial charge on any atom is 0.309 e. The molecule has 6 nitrogen and oxygen atoms in total. The van der Waals surface area contributed by atoms with E-state index in [1.807, 2.05) is 0 Å². The Hall–Kier alpha value is -1.95. The van der Waals surface area contributed by atoms with Crippen LogP contribution in [0, 0.1) is 5.92 Å². The summed E-state index contributed by atoms with van der Waals surface area (Å²) >= 11 is 0. The van der Waals surface area contributed by atoms with Crippen molar-refractivity contribution in [2.45, 2.75) is 19.3 Å². The van der Waals surface area contributed by atoms with E-state index in [4.69, 9.17) is 5.11 Å². The molecule has 0 aliphatic carbocycles. The minimum absolute atomic E-state index is 0.00699. The van der Waals surface area contributed by atoms with Crippen molar-refractivity contribution >= 4 is 17.6 Å². The molecule has 0 bridgehead atoms. The number of hydrogen-bond acceptors (Lipinski definition) is 4. The molecule has 1 aliphatic heterocycles. The van der Waals surface area contributed by atoms with Crippen LogP contribution in [0.25, 0.3) is 0 Å². The van der Waals surface area contributed by atoms with E-state index < -0.39 is 5.97 Å². The summed E-state index contributed by atoms with van der Waals surface area (Å²) in [5, 5.41) is 14.6. The average molecular weight is 263 g/mol. The van der Waals surface area contributed by atoms with Crippen LogP contribution in [0.1, 0.15) is 18.5 Å². The van der Waals surface area contributed by atoms with Crippen LogP contribution in [-0.4, -0.2) is 35.1 Å². The van der Waals surface area contributed by atoms with Crippen LogP contribution in [0.3, 0.4) is 0 Å². The smallest absolute Gasteiger partial charge is 0.309 e. The normalized spacial score (nSPS) is 18.8. The molecule has 0 spiro atoms. The molecular formula is C13H17N3O3. The SMILES string of the molecule is O=C(O)Cc1ccc(NC(=O)C2CCCNC2)cn1. The summed E-state index contributed by atoms with van der Waals surface area (Å²) in [6, 6.07) is 3.29. The summed E-state index contributed by atoms with van der Waals surface area (Å²) in [6.45, 7) is 1.67.